The van der Waals surface area contributed by atoms with Gasteiger partial charge in [-0.05, 0) is 24.3 Å². The van der Waals surface area contributed by atoms with Crippen molar-refractivity contribution in [2.45, 2.75) is 11.4 Å². The van der Waals surface area contributed by atoms with Crippen LogP contribution in [-0.4, -0.2) is 79.7 Å². The van der Waals surface area contributed by atoms with E-state index < -0.39 is 26.6 Å². The predicted molar refractivity (Wildman–Crippen MR) is 128 cm³/mol. The van der Waals surface area contributed by atoms with E-state index in [2.05, 4.69) is 25.1 Å². The van der Waals surface area contributed by atoms with E-state index in [4.69, 9.17) is 10.2 Å². The van der Waals surface area contributed by atoms with E-state index in [-0.39, 0.29) is 19.0 Å². The van der Waals surface area contributed by atoms with Gasteiger partial charge in [0.25, 0.3) is 0 Å². The third kappa shape index (κ3) is 4.10. The van der Waals surface area contributed by atoms with E-state index in [1.165, 1.54) is 15.1 Å². The fourth-order valence-corrected chi connectivity index (χ4v) is 5.85. The van der Waals surface area contributed by atoms with E-state index in [1.54, 1.807) is 23.0 Å². The van der Waals surface area contributed by atoms with Gasteiger partial charge < -0.3 is 10.2 Å². The smallest absolute Gasteiger partial charge is 0.246 e. The summed E-state index contributed by atoms with van der Waals surface area (Å²) in [6.45, 7) is 2.30. The van der Waals surface area contributed by atoms with Gasteiger partial charge in [0.1, 0.15) is 16.5 Å². The van der Waals surface area contributed by atoms with E-state index in [1.807, 2.05) is 0 Å². The Morgan fingerprint density at radius 2 is 1.84 bits per heavy atom. The molecule has 0 spiro atoms. The first-order valence-electron chi connectivity index (χ1n) is 11.4. The van der Waals surface area contributed by atoms with E-state index >= 15 is 0 Å². The predicted octanol–water partition coefficient (Wildman–Crippen LogP) is 1.60. The zero-order valence-corrected chi connectivity index (χ0v) is 20.1. The molecule has 37 heavy (non-hydrogen) atoms. The minimum absolute atomic E-state index is 0.154. The Bertz CT molecular complexity index is 1710. The molecular weight excluding hydrogens is 508 g/mol. The summed E-state index contributed by atoms with van der Waals surface area (Å²) < 4.78 is 62.7. The molecule has 0 unspecified atom stereocenters. The number of halogens is 2. The van der Waals surface area contributed by atoms with Gasteiger partial charge in [-0.1, -0.05) is 0 Å². The van der Waals surface area contributed by atoms with Crippen LogP contribution in [0.4, 0.5) is 14.7 Å². The Hall–Kier alpha value is -3.95. The van der Waals surface area contributed by atoms with Crippen molar-refractivity contribution >= 4 is 32.7 Å². The number of fused-ring (bicyclic) bond motifs is 3. The summed E-state index contributed by atoms with van der Waals surface area (Å²) in [7, 11) is -4.06. The van der Waals surface area contributed by atoms with Crippen LogP contribution in [0.3, 0.4) is 0 Å². The monoisotopic (exact) mass is 529 g/mol. The van der Waals surface area contributed by atoms with Gasteiger partial charge in [0.05, 0.1) is 24.4 Å². The zero-order chi connectivity index (χ0) is 25.7. The van der Waals surface area contributed by atoms with Crippen LogP contribution >= 0.6 is 0 Å². The Morgan fingerprint density at radius 1 is 1.03 bits per heavy atom. The van der Waals surface area contributed by atoms with Crippen LogP contribution in [0, 0.1) is 11.6 Å². The molecule has 0 aliphatic carbocycles. The lowest BCUT2D eigenvalue weighted by Gasteiger charge is -2.33. The third-order valence-corrected chi connectivity index (χ3v) is 8.24. The fourth-order valence-electron chi connectivity index (χ4n) is 4.38. The Balaban J connectivity index is 1.15. The van der Waals surface area contributed by atoms with Crippen molar-refractivity contribution in [1.29, 1.82) is 0 Å². The van der Waals surface area contributed by atoms with Crippen LogP contribution in [0.2, 0.25) is 0 Å². The molecule has 4 aromatic heterocycles. The van der Waals surface area contributed by atoms with Crippen molar-refractivity contribution in [3.63, 3.8) is 0 Å². The summed E-state index contributed by atoms with van der Waals surface area (Å²) in [5, 5.41) is 9.50. The van der Waals surface area contributed by atoms with Gasteiger partial charge in [0, 0.05) is 38.8 Å². The molecule has 5 aromatic rings. The van der Waals surface area contributed by atoms with Gasteiger partial charge >= 0.3 is 0 Å². The number of nitrogens with two attached hydrogens (primary N) is 1. The minimum atomic E-state index is -4.06. The molecule has 192 valence electrons. The number of nitrogens with zero attached hydrogens (tertiary/aromatic N) is 8. The number of sulfonamides is 1. The lowest BCUT2D eigenvalue weighted by atomic mass is 10.3. The number of hydrogen-bond donors (Lipinski definition) is 1. The van der Waals surface area contributed by atoms with Crippen LogP contribution in [0.25, 0.3) is 28.3 Å². The van der Waals surface area contributed by atoms with Crippen LogP contribution < -0.4 is 5.73 Å². The second kappa shape index (κ2) is 8.86. The highest BCUT2D eigenvalue weighted by atomic mass is 32.2. The standard InChI is InChI=1S/C22H21F2N9O3S/c23-14-3-4-18(16(24)12-14)37(34,35)31-8-5-30(6-9-31)7-10-32-20-15(13-26-32)21-27-19(17-2-1-11-36-17)29-33(21)22(25)28-20/h1-4,11-13H,5-10H2,(H2,25,28). The average molecular weight is 530 g/mol. The first-order chi connectivity index (χ1) is 17.8. The summed E-state index contributed by atoms with van der Waals surface area (Å²) in [5.74, 6) is -0.885. The number of benzene rings is 1. The fraction of sp³-hybridized carbons (Fsp3) is 0.273. The van der Waals surface area contributed by atoms with Crippen LogP contribution in [0.1, 0.15) is 0 Å². The molecule has 2 N–H and O–H groups in total. The highest BCUT2D eigenvalue weighted by molar-refractivity contribution is 7.89. The number of furan rings is 1. The molecule has 5 heterocycles. The topological polar surface area (TPSA) is 141 Å². The maximum atomic E-state index is 14.1. The number of anilines is 1. The summed E-state index contributed by atoms with van der Waals surface area (Å²) in [6.07, 6.45) is 3.19. The quantitative estimate of drug-likeness (QED) is 0.347. The second-order valence-electron chi connectivity index (χ2n) is 8.54. The molecule has 0 bridgehead atoms. The average Bonchev–Trinajstić information content (AvgIpc) is 3.62. The molecule has 0 atom stereocenters. The van der Waals surface area contributed by atoms with E-state index in [0.717, 1.165) is 12.1 Å². The van der Waals surface area contributed by atoms with Gasteiger partial charge in [0.15, 0.2) is 17.1 Å². The van der Waals surface area contributed by atoms with Crippen LogP contribution in [0.5, 0.6) is 0 Å². The summed E-state index contributed by atoms with van der Waals surface area (Å²) in [5.41, 5.74) is 7.19. The van der Waals surface area contributed by atoms with Gasteiger partial charge in [-0.15, -0.1) is 5.10 Å². The van der Waals surface area contributed by atoms with Gasteiger partial charge in [-0.2, -0.15) is 18.9 Å². The van der Waals surface area contributed by atoms with Crippen molar-refractivity contribution in [2.75, 3.05) is 38.5 Å². The highest BCUT2D eigenvalue weighted by Crippen LogP contribution is 2.24. The van der Waals surface area contributed by atoms with Crippen LogP contribution in [-0.2, 0) is 16.6 Å². The Kier molecular flexibility index (Phi) is 5.62. The largest absolute Gasteiger partial charge is 0.461 e. The molecule has 1 saturated heterocycles. The Morgan fingerprint density at radius 3 is 2.57 bits per heavy atom. The number of nitrogen functional groups attached to an aromatic ring is 1. The van der Waals surface area contributed by atoms with Gasteiger partial charge in [-0.25, -0.2) is 26.9 Å². The summed E-state index contributed by atoms with van der Waals surface area (Å²) in [4.78, 5) is 10.5. The minimum Gasteiger partial charge on any atom is -0.461 e. The number of piperazine rings is 1. The summed E-state index contributed by atoms with van der Waals surface area (Å²) >= 11 is 0. The maximum absolute atomic E-state index is 14.1. The normalized spacial score (nSPS) is 15.7. The van der Waals surface area contributed by atoms with Crippen molar-refractivity contribution in [1.82, 2.24) is 38.6 Å². The first kappa shape index (κ1) is 23.4. The molecule has 15 heteroatoms. The first-order valence-corrected chi connectivity index (χ1v) is 12.8. The Labute approximate surface area is 209 Å². The molecule has 1 aliphatic rings. The second-order valence-corrected chi connectivity index (χ2v) is 10.4. The van der Waals surface area contributed by atoms with Crippen molar-refractivity contribution in [3.05, 3.63) is 54.4 Å². The van der Waals surface area contributed by atoms with E-state index in [9.17, 15) is 17.2 Å². The molecular formula is C22H21F2N9O3S. The molecule has 1 aliphatic heterocycles. The molecule has 1 fully saturated rings. The van der Waals surface area contributed by atoms with E-state index in [0.29, 0.717) is 60.5 Å². The SMILES string of the molecule is Nc1nc2c(cnn2CCN2CCN(S(=O)(=O)c3ccc(F)cc3F)CC2)c2nc(-c3ccco3)nn12. The van der Waals surface area contributed by atoms with Gasteiger partial charge in [0.2, 0.25) is 21.8 Å². The number of rotatable bonds is 6. The lowest BCUT2D eigenvalue weighted by molar-refractivity contribution is 0.181. The third-order valence-electron chi connectivity index (χ3n) is 6.31. The molecule has 0 saturated carbocycles. The maximum Gasteiger partial charge on any atom is 0.246 e. The van der Waals surface area contributed by atoms with Gasteiger partial charge in [-0.3, -0.25) is 4.90 Å². The number of hydrogen-bond acceptors (Lipinski definition) is 9. The lowest BCUT2D eigenvalue weighted by Crippen LogP contribution is -2.49. The summed E-state index contributed by atoms with van der Waals surface area (Å²) in [6, 6.07) is 5.96. The molecule has 0 radical (unpaired) electrons. The molecule has 0 amide bonds. The van der Waals surface area contributed by atoms with Crippen LogP contribution in [0.15, 0.2) is 52.1 Å². The molecule has 12 nitrogen and oxygen atoms in total. The zero-order valence-electron chi connectivity index (χ0n) is 19.3. The van der Waals surface area contributed by atoms with Crippen molar-refractivity contribution in [2.24, 2.45) is 0 Å². The van der Waals surface area contributed by atoms with Crippen molar-refractivity contribution < 1.29 is 21.6 Å². The molecule has 6 rings (SSSR count). The highest BCUT2D eigenvalue weighted by Gasteiger charge is 2.31. The number of aromatic nitrogens is 6. The molecule has 1 aromatic carbocycles. The van der Waals surface area contributed by atoms with Crippen molar-refractivity contribution in [3.8, 4) is 11.6 Å².